The molecule has 1 amide bonds. The molecule has 118 valence electrons. The zero-order chi connectivity index (χ0) is 16.0. The highest BCUT2D eigenvalue weighted by Gasteiger charge is 2.19. The molecule has 0 spiro atoms. The van der Waals surface area contributed by atoms with Gasteiger partial charge >= 0.3 is 6.09 Å². The molecular formula is C16H27N3O2. The third kappa shape index (κ3) is 6.04. The Kier molecular flexibility index (Phi) is 6.03. The molecule has 1 atom stereocenters. The smallest absolute Gasteiger partial charge is 0.407 e. The summed E-state index contributed by atoms with van der Waals surface area (Å²) in [6.07, 6.45) is -0.418. The fourth-order valence-corrected chi connectivity index (χ4v) is 1.88. The van der Waals surface area contributed by atoms with Crippen LogP contribution in [0.2, 0.25) is 0 Å². The monoisotopic (exact) mass is 293 g/mol. The van der Waals surface area contributed by atoms with Gasteiger partial charge in [-0.3, -0.25) is 0 Å². The van der Waals surface area contributed by atoms with Crippen LogP contribution in [0.15, 0.2) is 24.3 Å². The first-order chi connectivity index (χ1) is 9.73. The molecule has 0 aliphatic heterocycles. The first-order valence-corrected chi connectivity index (χ1v) is 7.19. The average molecular weight is 293 g/mol. The van der Waals surface area contributed by atoms with E-state index >= 15 is 0 Å². The van der Waals surface area contributed by atoms with Crippen molar-refractivity contribution in [1.29, 1.82) is 0 Å². The maximum Gasteiger partial charge on any atom is 0.407 e. The summed E-state index contributed by atoms with van der Waals surface area (Å²) in [6.45, 7) is 8.45. The number of nitrogens with zero attached hydrogens (tertiary/aromatic N) is 1. The average Bonchev–Trinajstić information content (AvgIpc) is 2.38. The van der Waals surface area contributed by atoms with E-state index in [2.05, 4.69) is 22.3 Å². The second kappa shape index (κ2) is 7.31. The fraction of sp³-hybridized carbons (Fsp3) is 0.562. The number of nitrogens with two attached hydrogens (primary N) is 1. The second-order valence-electron chi connectivity index (χ2n) is 6.22. The van der Waals surface area contributed by atoms with Crippen molar-refractivity contribution in [3.8, 4) is 0 Å². The summed E-state index contributed by atoms with van der Waals surface area (Å²) in [5.41, 5.74) is 7.61. The quantitative estimate of drug-likeness (QED) is 0.874. The fourth-order valence-electron chi connectivity index (χ4n) is 1.88. The summed E-state index contributed by atoms with van der Waals surface area (Å²) in [5.74, 6) is 0. The van der Waals surface area contributed by atoms with E-state index in [9.17, 15) is 4.79 Å². The molecule has 0 radical (unpaired) electrons. The zero-order valence-electron chi connectivity index (χ0n) is 13.6. The van der Waals surface area contributed by atoms with Crippen molar-refractivity contribution >= 4 is 11.8 Å². The van der Waals surface area contributed by atoms with Crippen LogP contribution in [0.3, 0.4) is 0 Å². The van der Waals surface area contributed by atoms with Gasteiger partial charge in [-0.05, 0) is 39.8 Å². The maximum atomic E-state index is 11.7. The molecule has 0 saturated carbocycles. The lowest BCUT2D eigenvalue weighted by atomic mass is 10.2. The van der Waals surface area contributed by atoms with Crippen LogP contribution >= 0.6 is 0 Å². The highest BCUT2D eigenvalue weighted by atomic mass is 16.6. The lowest BCUT2D eigenvalue weighted by molar-refractivity contribution is 0.0525. The summed E-state index contributed by atoms with van der Waals surface area (Å²) >= 11 is 0. The number of likely N-dealkylation sites (N-methyl/N-ethyl adjacent to an activating group) is 1. The van der Waals surface area contributed by atoms with E-state index < -0.39 is 11.7 Å². The summed E-state index contributed by atoms with van der Waals surface area (Å²) < 4.78 is 5.22. The summed E-state index contributed by atoms with van der Waals surface area (Å²) in [4.78, 5) is 13.8. The normalized spacial score (nSPS) is 12.7. The zero-order valence-corrected chi connectivity index (χ0v) is 13.6. The van der Waals surface area contributed by atoms with E-state index in [4.69, 9.17) is 10.5 Å². The molecule has 1 aromatic rings. The Balaban J connectivity index is 2.58. The Hall–Kier alpha value is -1.75. The predicted octanol–water partition coefficient (Wildman–Crippen LogP) is 2.28. The lowest BCUT2D eigenvalue weighted by Gasteiger charge is -2.30. The van der Waals surface area contributed by atoms with E-state index in [1.165, 1.54) is 5.56 Å². The van der Waals surface area contributed by atoms with Crippen molar-refractivity contribution in [2.75, 3.05) is 25.0 Å². The van der Waals surface area contributed by atoms with Crippen LogP contribution in [0.25, 0.3) is 0 Å². The number of nitrogens with one attached hydrogen (secondary N) is 1. The van der Waals surface area contributed by atoms with E-state index in [-0.39, 0.29) is 6.04 Å². The SMILES string of the molecule is Cc1ccc(N(C)C(CN)CNC(=O)OC(C)(C)C)cc1. The Morgan fingerprint density at radius 2 is 1.90 bits per heavy atom. The standard InChI is InChI=1S/C16H27N3O2/c1-12-6-8-13(9-7-12)19(5)14(10-17)11-18-15(20)21-16(2,3)4/h6-9,14H,10-11,17H2,1-5H3,(H,18,20). The molecule has 0 aliphatic rings. The van der Waals surface area contributed by atoms with Crippen molar-refractivity contribution in [3.05, 3.63) is 29.8 Å². The summed E-state index contributed by atoms with van der Waals surface area (Å²) in [5, 5.41) is 2.77. The van der Waals surface area contributed by atoms with Gasteiger partial charge < -0.3 is 20.7 Å². The number of anilines is 1. The molecule has 1 rings (SSSR count). The van der Waals surface area contributed by atoms with Gasteiger partial charge in [-0.25, -0.2) is 4.79 Å². The Morgan fingerprint density at radius 3 is 2.38 bits per heavy atom. The van der Waals surface area contributed by atoms with Crippen molar-refractivity contribution < 1.29 is 9.53 Å². The minimum absolute atomic E-state index is 0.0141. The number of carbonyl (C=O) groups is 1. The molecule has 0 saturated heterocycles. The van der Waals surface area contributed by atoms with Crippen LogP contribution in [0, 0.1) is 6.92 Å². The van der Waals surface area contributed by atoms with Crippen LogP contribution in [-0.4, -0.2) is 37.9 Å². The molecule has 3 N–H and O–H groups in total. The molecule has 1 aromatic carbocycles. The third-order valence-electron chi connectivity index (χ3n) is 3.14. The van der Waals surface area contributed by atoms with Crippen molar-refractivity contribution in [2.24, 2.45) is 5.73 Å². The number of alkyl carbamates (subject to hydrolysis) is 1. The Bertz CT molecular complexity index is 452. The van der Waals surface area contributed by atoms with Gasteiger partial charge in [0.15, 0.2) is 0 Å². The molecule has 21 heavy (non-hydrogen) atoms. The van der Waals surface area contributed by atoms with E-state index in [0.717, 1.165) is 5.69 Å². The largest absolute Gasteiger partial charge is 0.444 e. The molecule has 5 heteroatoms. The Morgan fingerprint density at radius 1 is 1.33 bits per heavy atom. The van der Waals surface area contributed by atoms with Gasteiger partial charge in [0.25, 0.3) is 0 Å². The minimum atomic E-state index is -0.495. The van der Waals surface area contributed by atoms with Gasteiger partial charge in [0.2, 0.25) is 0 Å². The number of aryl methyl sites for hydroxylation is 1. The number of rotatable bonds is 5. The first kappa shape index (κ1) is 17.3. The molecule has 0 fully saturated rings. The molecule has 0 aromatic heterocycles. The van der Waals surface area contributed by atoms with Crippen LogP contribution in [0.1, 0.15) is 26.3 Å². The number of ether oxygens (including phenoxy) is 1. The van der Waals surface area contributed by atoms with E-state index in [1.807, 2.05) is 46.9 Å². The van der Waals surface area contributed by atoms with Gasteiger partial charge in [0, 0.05) is 25.8 Å². The minimum Gasteiger partial charge on any atom is -0.444 e. The second-order valence-corrected chi connectivity index (χ2v) is 6.22. The lowest BCUT2D eigenvalue weighted by Crippen LogP contribution is -2.47. The molecule has 5 nitrogen and oxygen atoms in total. The number of hydrogen-bond donors (Lipinski definition) is 2. The van der Waals surface area contributed by atoms with Crippen molar-refractivity contribution in [1.82, 2.24) is 5.32 Å². The molecular weight excluding hydrogens is 266 g/mol. The summed E-state index contributed by atoms with van der Waals surface area (Å²) in [7, 11) is 1.97. The van der Waals surface area contributed by atoms with Crippen molar-refractivity contribution in [3.63, 3.8) is 0 Å². The number of amides is 1. The van der Waals surface area contributed by atoms with Gasteiger partial charge in [-0.2, -0.15) is 0 Å². The van der Waals surface area contributed by atoms with E-state index in [1.54, 1.807) is 0 Å². The van der Waals surface area contributed by atoms with E-state index in [0.29, 0.717) is 13.1 Å². The van der Waals surface area contributed by atoms with Crippen LogP contribution in [0.5, 0.6) is 0 Å². The summed E-state index contributed by atoms with van der Waals surface area (Å²) in [6, 6.07) is 8.22. The maximum absolute atomic E-state index is 11.7. The predicted molar refractivity (Wildman–Crippen MR) is 86.7 cm³/mol. The highest BCUT2D eigenvalue weighted by molar-refractivity contribution is 5.67. The van der Waals surface area contributed by atoms with Gasteiger partial charge in [0.05, 0.1) is 6.04 Å². The topological polar surface area (TPSA) is 67.6 Å². The van der Waals surface area contributed by atoms with Gasteiger partial charge in [0.1, 0.15) is 5.60 Å². The molecule has 0 aliphatic carbocycles. The third-order valence-corrected chi connectivity index (χ3v) is 3.14. The van der Waals surface area contributed by atoms with Gasteiger partial charge in [-0.1, -0.05) is 17.7 Å². The van der Waals surface area contributed by atoms with Crippen LogP contribution in [0.4, 0.5) is 10.5 Å². The van der Waals surface area contributed by atoms with Crippen LogP contribution < -0.4 is 16.0 Å². The van der Waals surface area contributed by atoms with Gasteiger partial charge in [-0.15, -0.1) is 0 Å². The number of carbonyl (C=O) groups excluding carboxylic acids is 1. The number of benzene rings is 1. The first-order valence-electron chi connectivity index (χ1n) is 7.19. The Labute approximate surface area is 127 Å². The van der Waals surface area contributed by atoms with Crippen molar-refractivity contribution in [2.45, 2.75) is 39.3 Å². The molecule has 1 unspecified atom stereocenters. The molecule has 0 bridgehead atoms. The molecule has 0 heterocycles. The number of hydrogen-bond acceptors (Lipinski definition) is 4. The van der Waals surface area contributed by atoms with Crippen LogP contribution in [-0.2, 0) is 4.74 Å². The highest BCUT2D eigenvalue weighted by Crippen LogP contribution is 2.15.